The van der Waals surface area contributed by atoms with Crippen LogP contribution in [0.5, 0.6) is 0 Å². The highest BCUT2D eigenvalue weighted by atomic mass is 16.2. The average molecular weight is 196 g/mol. The largest absolute Gasteiger partial charge is 0.380 e. The van der Waals surface area contributed by atoms with Crippen molar-refractivity contribution in [3.05, 3.63) is 20.4 Å². The minimum Gasteiger partial charge on any atom is -0.380 e. The molecular weight excluding hydrogens is 180 g/mol. The summed E-state index contributed by atoms with van der Waals surface area (Å²) in [5.41, 5.74) is 0.0860. The molecule has 0 aliphatic heterocycles. The molecule has 0 aliphatic carbocycles. The van der Waals surface area contributed by atoms with Gasteiger partial charge in [-0.1, -0.05) is 6.92 Å². The molecule has 2 N–H and O–H groups in total. The Hall–Kier alpha value is -1.32. The van der Waals surface area contributed by atoms with Gasteiger partial charge in [0.2, 0.25) is 0 Å². The van der Waals surface area contributed by atoms with Gasteiger partial charge in [-0.05, 0) is 20.3 Å². The van der Waals surface area contributed by atoms with Crippen LogP contribution in [0.3, 0.4) is 0 Å². The van der Waals surface area contributed by atoms with Crippen LogP contribution in [0.4, 0.5) is 11.4 Å². The summed E-state index contributed by atoms with van der Waals surface area (Å²) in [6.45, 7) is 6.55. The fourth-order valence-electron chi connectivity index (χ4n) is 1.22. The third-order valence-electron chi connectivity index (χ3n) is 2.27. The summed E-state index contributed by atoms with van der Waals surface area (Å²) in [5, 5.41) is 5.92. The molecule has 0 saturated carbocycles. The summed E-state index contributed by atoms with van der Waals surface area (Å²) in [5.74, 6) is 0. The van der Waals surface area contributed by atoms with Gasteiger partial charge in [-0.15, -0.1) is 0 Å². The van der Waals surface area contributed by atoms with Crippen molar-refractivity contribution in [1.82, 2.24) is 0 Å². The third-order valence-corrected chi connectivity index (χ3v) is 2.27. The van der Waals surface area contributed by atoms with Gasteiger partial charge in [-0.2, -0.15) is 0 Å². The molecule has 4 heteroatoms. The SMILES string of the molecule is CCNc1c(NC(C)CC)c(=O)c1=O. The fraction of sp³-hybridized carbons (Fsp3) is 0.600. The second-order valence-electron chi connectivity index (χ2n) is 3.39. The zero-order chi connectivity index (χ0) is 10.7. The zero-order valence-electron chi connectivity index (χ0n) is 8.81. The Balaban J connectivity index is 2.82. The highest BCUT2D eigenvalue weighted by Crippen LogP contribution is 2.15. The molecule has 1 atom stereocenters. The zero-order valence-corrected chi connectivity index (χ0v) is 8.81. The second-order valence-corrected chi connectivity index (χ2v) is 3.39. The van der Waals surface area contributed by atoms with Crippen molar-refractivity contribution < 1.29 is 0 Å². The van der Waals surface area contributed by atoms with E-state index in [0.717, 1.165) is 6.42 Å². The molecule has 0 aliphatic rings. The maximum atomic E-state index is 11.2. The van der Waals surface area contributed by atoms with Gasteiger partial charge in [-0.25, -0.2) is 0 Å². The Morgan fingerprint density at radius 2 is 1.71 bits per heavy atom. The highest BCUT2D eigenvalue weighted by Gasteiger charge is 2.20. The molecule has 0 bridgehead atoms. The van der Waals surface area contributed by atoms with Gasteiger partial charge in [0.1, 0.15) is 11.4 Å². The Morgan fingerprint density at radius 1 is 1.14 bits per heavy atom. The van der Waals surface area contributed by atoms with Crippen molar-refractivity contribution >= 4 is 11.4 Å². The monoisotopic (exact) mass is 196 g/mol. The first-order valence-electron chi connectivity index (χ1n) is 4.95. The highest BCUT2D eigenvalue weighted by molar-refractivity contribution is 5.74. The maximum Gasteiger partial charge on any atom is 0.253 e. The van der Waals surface area contributed by atoms with Crippen molar-refractivity contribution in [3.63, 3.8) is 0 Å². The topological polar surface area (TPSA) is 58.2 Å². The molecule has 1 aromatic rings. The molecule has 0 spiro atoms. The van der Waals surface area contributed by atoms with Gasteiger partial charge in [0.15, 0.2) is 0 Å². The summed E-state index contributed by atoms with van der Waals surface area (Å²) < 4.78 is 0. The standard InChI is InChI=1S/C10H16N2O2/c1-4-6(3)12-8-7(11-5-2)9(13)10(8)14/h6,11-12H,4-5H2,1-3H3. The van der Waals surface area contributed by atoms with Crippen LogP contribution in [0.2, 0.25) is 0 Å². The van der Waals surface area contributed by atoms with Crippen LogP contribution in [0, 0.1) is 0 Å². The first-order chi connectivity index (χ1) is 6.61. The van der Waals surface area contributed by atoms with Crippen LogP contribution in [0.1, 0.15) is 27.2 Å². The van der Waals surface area contributed by atoms with E-state index >= 15 is 0 Å². The average Bonchev–Trinajstić information content (AvgIpc) is 2.22. The van der Waals surface area contributed by atoms with Crippen molar-refractivity contribution in [2.45, 2.75) is 33.2 Å². The molecule has 0 heterocycles. The molecule has 0 radical (unpaired) electrons. The van der Waals surface area contributed by atoms with Crippen LogP contribution in [-0.2, 0) is 0 Å². The van der Waals surface area contributed by atoms with Crippen LogP contribution in [-0.4, -0.2) is 12.6 Å². The van der Waals surface area contributed by atoms with Crippen LogP contribution in [0.25, 0.3) is 0 Å². The van der Waals surface area contributed by atoms with E-state index in [4.69, 9.17) is 0 Å². The number of rotatable bonds is 5. The van der Waals surface area contributed by atoms with E-state index in [1.807, 2.05) is 20.8 Å². The third kappa shape index (κ3) is 1.78. The predicted octanol–water partition coefficient (Wildman–Crippen LogP) is 0.925. The number of nitrogens with one attached hydrogen (secondary N) is 2. The molecule has 78 valence electrons. The Kier molecular flexibility index (Phi) is 3.28. The number of anilines is 2. The lowest BCUT2D eigenvalue weighted by atomic mass is 10.1. The van der Waals surface area contributed by atoms with Gasteiger partial charge in [0, 0.05) is 12.6 Å². The lowest BCUT2D eigenvalue weighted by Crippen LogP contribution is -2.39. The van der Waals surface area contributed by atoms with E-state index in [2.05, 4.69) is 10.6 Å². The summed E-state index contributed by atoms with van der Waals surface area (Å²) in [4.78, 5) is 22.3. The van der Waals surface area contributed by atoms with E-state index in [9.17, 15) is 9.59 Å². The van der Waals surface area contributed by atoms with Crippen LogP contribution in [0.15, 0.2) is 9.59 Å². The summed E-state index contributed by atoms with van der Waals surface area (Å²) >= 11 is 0. The molecule has 0 aromatic heterocycles. The van der Waals surface area contributed by atoms with Gasteiger partial charge in [-0.3, -0.25) is 9.59 Å². The normalized spacial score (nSPS) is 12.8. The smallest absolute Gasteiger partial charge is 0.253 e. The quantitative estimate of drug-likeness (QED) is 0.688. The number of hydrogen-bond donors (Lipinski definition) is 2. The van der Waals surface area contributed by atoms with E-state index in [0.29, 0.717) is 17.9 Å². The lowest BCUT2D eigenvalue weighted by molar-refractivity contribution is 0.761. The predicted molar refractivity (Wildman–Crippen MR) is 58.9 cm³/mol. The molecular formula is C10H16N2O2. The van der Waals surface area contributed by atoms with Gasteiger partial charge in [0.05, 0.1) is 0 Å². The van der Waals surface area contributed by atoms with Crippen molar-refractivity contribution in [3.8, 4) is 0 Å². The van der Waals surface area contributed by atoms with Crippen LogP contribution >= 0.6 is 0 Å². The number of hydrogen-bond acceptors (Lipinski definition) is 4. The molecule has 1 aromatic carbocycles. The van der Waals surface area contributed by atoms with E-state index < -0.39 is 10.9 Å². The summed E-state index contributed by atoms with van der Waals surface area (Å²) in [7, 11) is 0. The van der Waals surface area contributed by atoms with E-state index in [1.54, 1.807) is 0 Å². The summed E-state index contributed by atoms with van der Waals surface area (Å²) in [6.07, 6.45) is 0.921. The molecule has 0 saturated heterocycles. The minimum absolute atomic E-state index is 0.218. The molecule has 0 fully saturated rings. The molecule has 1 unspecified atom stereocenters. The van der Waals surface area contributed by atoms with E-state index in [1.165, 1.54) is 0 Å². The van der Waals surface area contributed by atoms with Gasteiger partial charge >= 0.3 is 0 Å². The molecule has 14 heavy (non-hydrogen) atoms. The van der Waals surface area contributed by atoms with Crippen molar-refractivity contribution in [2.24, 2.45) is 0 Å². The molecule has 1 rings (SSSR count). The van der Waals surface area contributed by atoms with E-state index in [-0.39, 0.29) is 6.04 Å². The molecule has 0 amide bonds. The first kappa shape index (κ1) is 10.8. The Morgan fingerprint density at radius 3 is 2.21 bits per heavy atom. The fourth-order valence-corrected chi connectivity index (χ4v) is 1.22. The van der Waals surface area contributed by atoms with Crippen molar-refractivity contribution in [1.29, 1.82) is 0 Å². The first-order valence-corrected chi connectivity index (χ1v) is 4.95. The second kappa shape index (κ2) is 4.26. The Labute approximate surface area is 83.0 Å². The maximum absolute atomic E-state index is 11.2. The minimum atomic E-state index is -0.405. The van der Waals surface area contributed by atoms with Crippen LogP contribution < -0.4 is 21.5 Å². The van der Waals surface area contributed by atoms with Gasteiger partial charge < -0.3 is 10.6 Å². The summed E-state index contributed by atoms with van der Waals surface area (Å²) in [6, 6.07) is 0.218. The Bertz CT molecular complexity index is 377. The van der Waals surface area contributed by atoms with Gasteiger partial charge in [0.25, 0.3) is 10.9 Å². The lowest BCUT2D eigenvalue weighted by Gasteiger charge is -2.17. The van der Waals surface area contributed by atoms with Crippen molar-refractivity contribution in [2.75, 3.05) is 17.2 Å². The molecule has 4 nitrogen and oxygen atoms in total.